The van der Waals surface area contributed by atoms with Gasteiger partial charge in [0.25, 0.3) is 0 Å². The molecule has 116 valence electrons. The molecule has 0 aromatic rings. The van der Waals surface area contributed by atoms with E-state index in [9.17, 15) is 0 Å². The van der Waals surface area contributed by atoms with Gasteiger partial charge < -0.3 is 9.47 Å². The third-order valence-electron chi connectivity index (χ3n) is 3.75. The van der Waals surface area contributed by atoms with Gasteiger partial charge in [0.15, 0.2) is 6.29 Å². The molecule has 2 heteroatoms. The van der Waals surface area contributed by atoms with Crippen LogP contribution in [0.15, 0.2) is 0 Å². The van der Waals surface area contributed by atoms with Gasteiger partial charge in [-0.15, -0.1) is 0 Å². The molecule has 0 aliphatic heterocycles. The van der Waals surface area contributed by atoms with Crippen LogP contribution in [0, 0.1) is 5.92 Å². The van der Waals surface area contributed by atoms with Crippen molar-refractivity contribution in [1.82, 2.24) is 0 Å². The molecule has 19 heavy (non-hydrogen) atoms. The predicted octanol–water partition coefficient (Wildman–Crippen LogP) is 5.55. The fourth-order valence-corrected chi connectivity index (χ4v) is 2.55. The van der Waals surface area contributed by atoms with Crippen molar-refractivity contribution in [3.63, 3.8) is 0 Å². The molecule has 0 aromatic carbocycles. The first-order valence-corrected chi connectivity index (χ1v) is 8.53. The normalized spacial score (nSPS) is 13.1. The van der Waals surface area contributed by atoms with E-state index in [1.54, 1.807) is 0 Å². The summed E-state index contributed by atoms with van der Waals surface area (Å²) in [5, 5.41) is 0. The molecule has 0 spiro atoms. The van der Waals surface area contributed by atoms with Gasteiger partial charge in [0.05, 0.1) is 0 Å². The molecule has 1 atom stereocenters. The lowest BCUT2D eigenvalue weighted by Crippen LogP contribution is -2.27. The molecular formula is C17H36O2. The molecule has 0 heterocycles. The predicted molar refractivity (Wildman–Crippen MR) is 83.4 cm³/mol. The third-order valence-corrected chi connectivity index (χ3v) is 3.75. The summed E-state index contributed by atoms with van der Waals surface area (Å²) in [4.78, 5) is 0. The first-order chi connectivity index (χ1) is 9.29. The summed E-state index contributed by atoms with van der Waals surface area (Å²) in [6, 6.07) is 0. The molecule has 2 nitrogen and oxygen atoms in total. The highest BCUT2D eigenvalue weighted by atomic mass is 16.7. The molecule has 0 saturated carbocycles. The van der Waals surface area contributed by atoms with Gasteiger partial charge in [0.1, 0.15) is 0 Å². The highest BCUT2D eigenvalue weighted by Crippen LogP contribution is 2.21. The second-order valence-electron chi connectivity index (χ2n) is 5.36. The Morgan fingerprint density at radius 3 is 1.68 bits per heavy atom. The van der Waals surface area contributed by atoms with Crippen molar-refractivity contribution in [2.75, 3.05) is 13.2 Å². The fraction of sp³-hybridized carbons (Fsp3) is 1.00. The summed E-state index contributed by atoms with van der Waals surface area (Å²) in [6.07, 6.45) is 12.0. The largest absolute Gasteiger partial charge is 0.353 e. The molecule has 0 aromatic heterocycles. The Hall–Kier alpha value is -0.0800. The molecule has 0 amide bonds. The molecule has 0 bridgehead atoms. The SMILES string of the molecule is CCCCCCCCCC(CC)C(OCC)OCC. The van der Waals surface area contributed by atoms with Crippen LogP contribution in [-0.2, 0) is 9.47 Å². The van der Waals surface area contributed by atoms with E-state index in [1.807, 2.05) is 13.8 Å². The highest BCUT2D eigenvalue weighted by molar-refractivity contribution is 4.62. The maximum absolute atomic E-state index is 5.72. The Morgan fingerprint density at radius 2 is 1.21 bits per heavy atom. The topological polar surface area (TPSA) is 18.5 Å². The highest BCUT2D eigenvalue weighted by Gasteiger charge is 2.19. The minimum Gasteiger partial charge on any atom is -0.353 e. The van der Waals surface area contributed by atoms with Gasteiger partial charge in [0, 0.05) is 19.1 Å². The molecule has 0 N–H and O–H groups in total. The molecule has 0 saturated heterocycles. The Balaban J connectivity index is 3.71. The van der Waals surface area contributed by atoms with Crippen LogP contribution in [-0.4, -0.2) is 19.5 Å². The standard InChI is InChI=1S/C17H36O2/c1-5-9-10-11-12-13-14-15-16(6-2)17(18-7-3)19-8-4/h16-17H,5-15H2,1-4H3. The lowest BCUT2D eigenvalue weighted by molar-refractivity contribution is -0.169. The Bertz CT molecular complexity index is 165. The number of rotatable bonds is 14. The first kappa shape index (κ1) is 18.9. The first-order valence-electron chi connectivity index (χ1n) is 8.53. The summed E-state index contributed by atoms with van der Waals surface area (Å²) >= 11 is 0. The maximum Gasteiger partial charge on any atom is 0.160 e. The fourth-order valence-electron chi connectivity index (χ4n) is 2.55. The monoisotopic (exact) mass is 272 g/mol. The van der Waals surface area contributed by atoms with E-state index in [0.717, 1.165) is 19.6 Å². The van der Waals surface area contributed by atoms with Crippen LogP contribution in [0.3, 0.4) is 0 Å². The Morgan fingerprint density at radius 1 is 0.684 bits per heavy atom. The Labute approximate surface area is 121 Å². The van der Waals surface area contributed by atoms with Gasteiger partial charge in [0.2, 0.25) is 0 Å². The van der Waals surface area contributed by atoms with Crippen molar-refractivity contribution in [2.24, 2.45) is 5.92 Å². The van der Waals surface area contributed by atoms with Gasteiger partial charge in [-0.1, -0.05) is 58.8 Å². The van der Waals surface area contributed by atoms with Crippen molar-refractivity contribution in [3.8, 4) is 0 Å². The van der Waals surface area contributed by atoms with Crippen LogP contribution < -0.4 is 0 Å². The van der Waals surface area contributed by atoms with E-state index in [4.69, 9.17) is 9.47 Å². The van der Waals surface area contributed by atoms with E-state index in [-0.39, 0.29) is 6.29 Å². The van der Waals surface area contributed by atoms with Crippen LogP contribution in [0.25, 0.3) is 0 Å². The van der Waals surface area contributed by atoms with E-state index < -0.39 is 0 Å². The van der Waals surface area contributed by atoms with Gasteiger partial charge >= 0.3 is 0 Å². The van der Waals surface area contributed by atoms with Crippen molar-refractivity contribution in [3.05, 3.63) is 0 Å². The zero-order valence-corrected chi connectivity index (χ0v) is 13.7. The summed E-state index contributed by atoms with van der Waals surface area (Å²) < 4.78 is 11.4. The van der Waals surface area contributed by atoms with Crippen molar-refractivity contribution in [2.45, 2.75) is 91.8 Å². The van der Waals surface area contributed by atoms with Gasteiger partial charge in [-0.3, -0.25) is 0 Å². The molecule has 0 fully saturated rings. The molecule has 0 radical (unpaired) electrons. The van der Waals surface area contributed by atoms with Crippen LogP contribution >= 0.6 is 0 Å². The minimum absolute atomic E-state index is 0.0140. The summed E-state index contributed by atoms with van der Waals surface area (Å²) in [5.74, 6) is 0.565. The second kappa shape index (κ2) is 14.3. The average Bonchev–Trinajstić information content (AvgIpc) is 2.42. The number of unbranched alkanes of at least 4 members (excludes halogenated alkanes) is 6. The van der Waals surface area contributed by atoms with Crippen molar-refractivity contribution in [1.29, 1.82) is 0 Å². The van der Waals surface area contributed by atoms with Crippen LogP contribution in [0.4, 0.5) is 0 Å². The van der Waals surface area contributed by atoms with Crippen molar-refractivity contribution >= 4 is 0 Å². The van der Waals surface area contributed by atoms with E-state index in [0.29, 0.717) is 5.92 Å². The third kappa shape index (κ3) is 10.4. The number of hydrogen-bond acceptors (Lipinski definition) is 2. The summed E-state index contributed by atoms with van der Waals surface area (Å²) in [5.41, 5.74) is 0. The zero-order valence-electron chi connectivity index (χ0n) is 13.7. The lowest BCUT2D eigenvalue weighted by Gasteiger charge is -2.25. The number of hydrogen-bond donors (Lipinski definition) is 0. The quantitative estimate of drug-likeness (QED) is 0.305. The zero-order chi connectivity index (χ0) is 14.3. The molecule has 1 unspecified atom stereocenters. The second-order valence-corrected chi connectivity index (χ2v) is 5.36. The van der Waals surface area contributed by atoms with E-state index in [2.05, 4.69) is 13.8 Å². The van der Waals surface area contributed by atoms with Gasteiger partial charge in [-0.25, -0.2) is 0 Å². The van der Waals surface area contributed by atoms with E-state index in [1.165, 1.54) is 51.4 Å². The number of ether oxygens (including phenoxy) is 2. The molecule has 0 aliphatic rings. The average molecular weight is 272 g/mol. The van der Waals surface area contributed by atoms with E-state index >= 15 is 0 Å². The maximum atomic E-state index is 5.72. The lowest BCUT2D eigenvalue weighted by atomic mass is 9.97. The van der Waals surface area contributed by atoms with Crippen LogP contribution in [0.1, 0.15) is 85.5 Å². The smallest absolute Gasteiger partial charge is 0.160 e. The molecule has 0 rings (SSSR count). The van der Waals surface area contributed by atoms with Crippen LogP contribution in [0.5, 0.6) is 0 Å². The Kier molecular flexibility index (Phi) is 14.3. The van der Waals surface area contributed by atoms with Crippen molar-refractivity contribution < 1.29 is 9.47 Å². The van der Waals surface area contributed by atoms with Gasteiger partial charge in [-0.05, 0) is 26.7 Å². The summed E-state index contributed by atoms with van der Waals surface area (Å²) in [7, 11) is 0. The van der Waals surface area contributed by atoms with Crippen LogP contribution in [0.2, 0.25) is 0 Å². The van der Waals surface area contributed by atoms with Gasteiger partial charge in [-0.2, -0.15) is 0 Å². The minimum atomic E-state index is 0.0140. The molecular weight excluding hydrogens is 236 g/mol. The summed E-state index contributed by atoms with van der Waals surface area (Å²) in [6.45, 7) is 10.1. The molecule has 0 aliphatic carbocycles.